The van der Waals surface area contributed by atoms with E-state index < -0.39 is 0 Å². The van der Waals surface area contributed by atoms with E-state index in [1.807, 2.05) is 19.0 Å². The molecule has 2 nitrogen and oxygen atoms in total. The third kappa shape index (κ3) is 10.8. The second-order valence-electron chi connectivity index (χ2n) is 1.53. The van der Waals surface area contributed by atoms with E-state index in [1.165, 1.54) is 0 Å². The van der Waals surface area contributed by atoms with Gasteiger partial charge in [0.2, 0.25) is 0 Å². The SMILES string of the molecule is CN(C)CCO.[Ta]. The van der Waals surface area contributed by atoms with Crippen LogP contribution in [0.25, 0.3) is 0 Å². The van der Waals surface area contributed by atoms with Crippen LogP contribution < -0.4 is 0 Å². The first-order valence-corrected chi connectivity index (χ1v) is 2.03. The zero-order chi connectivity index (χ0) is 4.99. The molecule has 43 valence electrons. The third-order valence-electron chi connectivity index (χ3n) is 0.547. The maximum Gasteiger partial charge on any atom is 0.0558 e. The normalized spacial score (nSPS) is 8.57. The minimum absolute atomic E-state index is 0. The molecule has 0 saturated carbocycles. The molecule has 0 rings (SSSR count). The average molecular weight is 270 g/mol. The Balaban J connectivity index is 0. The minimum atomic E-state index is 0. The molecule has 1 radical (unpaired) electrons. The smallest absolute Gasteiger partial charge is 0.0558 e. The summed E-state index contributed by atoms with van der Waals surface area (Å²) in [6, 6.07) is 0. The molecule has 0 atom stereocenters. The van der Waals surface area contributed by atoms with Gasteiger partial charge in [0, 0.05) is 28.9 Å². The summed E-state index contributed by atoms with van der Waals surface area (Å²) in [4.78, 5) is 1.93. The number of aliphatic hydroxyl groups excluding tert-OH is 1. The molecule has 0 saturated heterocycles. The Bertz CT molecular complexity index is 32.9. The van der Waals surface area contributed by atoms with Gasteiger partial charge in [0.1, 0.15) is 0 Å². The van der Waals surface area contributed by atoms with Crippen molar-refractivity contribution in [2.45, 2.75) is 0 Å². The zero-order valence-corrected chi connectivity index (χ0v) is 7.97. The van der Waals surface area contributed by atoms with Crippen LogP contribution in [0.5, 0.6) is 0 Å². The van der Waals surface area contributed by atoms with E-state index in [2.05, 4.69) is 0 Å². The predicted octanol–water partition coefficient (Wildman–Crippen LogP) is -0.462. The summed E-state index contributed by atoms with van der Waals surface area (Å²) in [5.74, 6) is 0. The molecule has 0 unspecified atom stereocenters. The van der Waals surface area contributed by atoms with E-state index in [0.717, 1.165) is 6.54 Å². The van der Waals surface area contributed by atoms with Gasteiger partial charge in [0.25, 0.3) is 0 Å². The summed E-state index contributed by atoms with van der Waals surface area (Å²) >= 11 is 0. The Morgan fingerprint density at radius 1 is 1.43 bits per heavy atom. The number of likely N-dealkylation sites (N-methyl/N-ethyl adjacent to an activating group) is 1. The largest absolute Gasteiger partial charge is 0.395 e. The first-order chi connectivity index (χ1) is 2.77. The van der Waals surface area contributed by atoms with Crippen molar-refractivity contribution in [2.24, 2.45) is 0 Å². The van der Waals surface area contributed by atoms with Gasteiger partial charge in [0.05, 0.1) is 6.61 Å². The molecule has 0 amide bonds. The monoisotopic (exact) mass is 270 g/mol. The second kappa shape index (κ2) is 6.66. The molecule has 3 heteroatoms. The van der Waals surface area contributed by atoms with Crippen LogP contribution in [-0.4, -0.2) is 37.3 Å². The molecular weight excluding hydrogens is 259 g/mol. The zero-order valence-electron chi connectivity index (χ0n) is 4.76. The van der Waals surface area contributed by atoms with Crippen LogP contribution in [0.2, 0.25) is 0 Å². The van der Waals surface area contributed by atoms with Gasteiger partial charge < -0.3 is 10.0 Å². The van der Waals surface area contributed by atoms with Crippen molar-refractivity contribution in [3.8, 4) is 0 Å². The van der Waals surface area contributed by atoms with Crippen LogP contribution in [0.1, 0.15) is 0 Å². The first kappa shape index (κ1) is 10.6. The van der Waals surface area contributed by atoms with Crippen molar-refractivity contribution in [2.75, 3.05) is 27.2 Å². The Hall–Kier alpha value is 0.660. The van der Waals surface area contributed by atoms with Crippen LogP contribution in [0, 0.1) is 0 Å². The Morgan fingerprint density at radius 2 is 1.86 bits per heavy atom. The molecule has 0 aliphatic heterocycles. The molecule has 0 aromatic carbocycles. The van der Waals surface area contributed by atoms with Gasteiger partial charge in [0.15, 0.2) is 0 Å². The van der Waals surface area contributed by atoms with E-state index in [9.17, 15) is 0 Å². The fourth-order valence-corrected chi connectivity index (χ4v) is 0.200. The number of hydrogen-bond donors (Lipinski definition) is 1. The molecule has 7 heavy (non-hydrogen) atoms. The standard InChI is InChI=1S/C4H11NO.Ta/c1-5(2)3-4-6;/h6H,3-4H2,1-2H3;. The Labute approximate surface area is 60.0 Å². The van der Waals surface area contributed by atoms with E-state index in [4.69, 9.17) is 5.11 Å². The van der Waals surface area contributed by atoms with Crippen molar-refractivity contribution >= 4 is 0 Å². The number of nitrogens with zero attached hydrogens (tertiary/aromatic N) is 1. The summed E-state index contributed by atoms with van der Waals surface area (Å²) < 4.78 is 0. The van der Waals surface area contributed by atoms with E-state index in [0.29, 0.717) is 0 Å². The molecular formula is C4H11NOTa. The Kier molecular flexibility index (Phi) is 10.1. The molecule has 0 fully saturated rings. The summed E-state index contributed by atoms with van der Waals surface area (Å²) in [7, 11) is 3.85. The number of hydrogen-bond acceptors (Lipinski definition) is 2. The van der Waals surface area contributed by atoms with Gasteiger partial charge in [-0.25, -0.2) is 0 Å². The molecule has 1 N–H and O–H groups in total. The summed E-state index contributed by atoms with van der Waals surface area (Å²) in [5, 5.41) is 8.20. The maximum atomic E-state index is 8.20. The van der Waals surface area contributed by atoms with Crippen LogP contribution in [0.3, 0.4) is 0 Å². The average Bonchev–Trinajstić information content (AvgIpc) is 1.35. The molecule has 0 aromatic heterocycles. The van der Waals surface area contributed by atoms with Crippen LogP contribution in [0.15, 0.2) is 0 Å². The number of aliphatic hydroxyl groups is 1. The fourth-order valence-electron chi connectivity index (χ4n) is 0.200. The van der Waals surface area contributed by atoms with Gasteiger partial charge in [-0.1, -0.05) is 0 Å². The minimum Gasteiger partial charge on any atom is -0.395 e. The van der Waals surface area contributed by atoms with Crippen molar-refractivity contribution < 1.29 is 27.5 Å². The number of rotatable bonds is 2. The van der Waals surface area contributed by atoms with E-state index >= 15 is 0 Å². The summed E-state index contributed by atoms with van der Waals surface area (Å²) in [6.45, 7) is 1.02. The molecule has 0 aromatic rings. The van der Waals surface area contributed by atoms with Crippen molar-refractivity contribution in [1.29, 1.82) is 0 Å². The Morgan fingerprint density at radius 3 is 1.86 bits per heavy atom. The fraction of sp³-hybridized carbons (Fsp3) is 1.00. The maximum absolute atomic E-state index is 8.20. The topological polar surface area (TPSA) is 23.5 Å². The van der Waals surface area contributed by atoms with E-state index in [-0.39, 0.29) is 29.0 Å². The van der Waals surface area contributed by atoms with Crippen molar-refractivity contribution in [3.05, 3.63) is 0 Å². The second-order valence-corrected chi connectivity index (χ2v) is 1.53. The van der Waals surface area contributed by atoms with Crippen LogP contribution in [-0.2, 0) is 22.4 Å². The van der Waals surface area contributed by atoms with Gasteiger partial charge >= 0.3 is 0 Å². The van der Waals surface area contributed by atoms with Gasteiger partial charge in [-0.3, -0.25) is 0 Å². The quantitative estimate of drug-likeness (QED) is 0.734. The molecule has 0 heterocycles. The van der Waals surface area contributed by atoms with Crippen molar-refractivity contribution in [3.63, 3.8) is 0 Å². The molecule has 0 aliphatic carbocycles. The molecule has 0 aliphatic rings. The van der Waals surface area contributed by atoms with Gasteiger partial charge in [-0.15, -0.1) is 0 Å². The third-order valence-corrected chi connectivity index (χ3v) is 0.547. The van der Waals surface area contributed by atoms with Crippen LogP contribution in [0.4, 0.5) is 0 Å². The van der Waals surface area contributed by atoms with E-state index in [1.54, 1.807) is 0 Å². The van der Waals surface area contributed by atoms with Gasteiger partial charge in [-0.05, 0) is 14.1 Å². The predicted molar refractivity (Wildman–Crippen MR) is 25.6 cm³/mol. The van der Waals surface area contributed by atoms with Crippen LogP contribution >= 0.6 is 0 Å². The van der Waals surface area contributed by atoms with Gasteiger partial charge in [-0.2, -0.15) is 0 Å². The summed E-state index contributed by atoms with van der Waals surface area (Å²) in [6.07, 6.45) is 0. The molecule has 0 spiro atoms. The van der Waals surface area contributed by atoms with Crippen molar-refractivity contribution in [1.82, 2.24) is 4.90 Å². The molecule has 0 bridgehead atoms. The summed E-state index contributed by atoms with van der Waals surface area (Å²) in [5.41, 5.74) is 0. The first-order valence-electron chi connectivity index (χ1n) is 2.03.